The third-order valence-corrected chi connectivity index (χ3v) is 7.09. The van der Waals surface area contributed by atoms with Crippen LogP contribution < -0.4 is 9.46 Å². The summed E-state index contributed by atoms with van der Waals surface area (Å²) in [6.07, 6.45) is 2.42. The molecule has 0 saturated carbocycles. The van der Waals surface area contributed by atoms with Crippen molar-refractivity contribution in [2.24, 2.45) is 0 Å². The van der Waals surface area contributed by atoms with Gasteiger partial charge in [0.2, 0.25) is 10.0 Å². The Kier molecular flexibility index (Phi) is 7.45. The molecule has 30 heavy (non-hydrogen) atoms. The Morgan fingerprint density at radius 2 is 2.00 bits per heavy atom. The highest BCUT2D eigenvalue weighted by Gasteiger charge is 2.21. The molecule has 2 aromatic carbocycles. The molecule has 1 aliphatic rings. The molecule has 0 amide bonds. The fourth-order valence-corrected chi connectivity index (χ4v) is 5.30. The van der Waals surface area contributed by atoms with Crippen LogP contribution in [0.15, 0.2) is 45.8 Å². The van der Waals surface area contributed by atoms with Crippen molar-refractivity contribution in [3.63, 3.8) is 0 Å². The maximum Gasteiger partial charge on any atom is 0.316 e. The minimum Gasteiger partial charge on any atom is -0.495 e. The smallest absolute Gasteiger partial charge is 0.316 e. The van der Waals surface area contributed by atoms with Crippen molar-refractivity contribution in [1.82, 2.24) is 9.62 Å². The Morgan fingerprint density at radius 1 is 1.20 bits per heavy atom. The quantitative estimate of drug-likeness (QED) is 0.406. The zero-order chi connectivity index (χ0) is 21.7. The largest absolute Gasteiger partial charge is 0.495 e. The molecule has 0 fully saturated rings. The number of halogens is 1. The van der Waals surface area contributed by atoms with Gasteiger partial charge in [0.15, 0.2) is 0 Å². The van der Waals surface area contributed by atoms with E-state index in [2.05, 4.69) is 25.6 Å². The van der Waals surface area contributed by atoms with Crippen molar-refractivity contribution in [3.05, 3.63) is 56.9 Å². The number of methoxy groups -OCH3 is 1. The van der Waals surface area contributed by atoms with Gasteiger partial charge < -0.3 is 4.74 Å². The molecule has 162 valence electrons. The summed E-state index contributed by atoms with van der Waals surface area (Å²) in [6, 6.07) is 10.1. The van der Waals surface area contributed by atoms with Gasteiger partial charge in [0.25, 0.3) is 4.92 Å². The van der Waals surface area contributed by atoms with Gasteiger partial charge in [0.05, 0.1) is 12.0 Å². The summed E-state index contributed by atoms with van der Waals surface area (Å²) in [7, 11) is -2.22. The Balaban J connectivity index is 1.48. The number of rotatable bonds is 9. The standard InChI is InChI=1S/C20H25BrN3O5S/c1-29-19-7-5-17(21)13-20(19)30(27,28)22-9-2-3-10-23-11-8-15-4-6-18(24(25)26)12-16(15)14-23/h4-7,12-13,22H,2-3,8-11,14H2,1H3,(H,25,26)/q+1. The summed E-state index contributed by atoms with van der Waals surface area (Å²) in [5.41, 5.74) is 2.46. The molecule has 1 aliphatic heterocycles. The van der Waals surface area contributed by atoms with Gasteiger partial charge in [-0.1, -0.05) is 22.0 Å². The van der Waals surface area contributed by atoms with Gasteiger partial charge in [-0.3, -0.25) is 4.90 Å². The predicted octanol–water partition coefficient (Wildman–Crippen LogP) is 3.37. The van der Waals surface area contributed by atoms with E-state index in [0.717, 1.165) is 31.5 Å². The van der Waals surface area contributed by atoms with Crippen LogP contribution in [0.1, 0.15) is 24.0 Å². The average molecular weight is 499 g/mol. The summed E-state index contributed by atoms with van der Waals surface area (Å²) in [5, 5.41) is 9.09. The number of ether oxygens (including phenoxy) is 1. The second-order valence-electron chi connectivity index (χ2n) is 7.15. The number of unbranched alkanes of at least 4 members (excludes halogenated alkanes) is 1. The first kappa shape index (κ1) is 22.7. The first-order chi connectivity index (χ1) is 14.3. The molecule has 0 atom stereocenters. The number of sulfonamides is 1. The van der Waals surface area contributed by atoms with Crippen LogP contribution in [0, 0.1) is 4.91 Å². The molecule has 8 nitrogen and oxygen atoms in total. The van der Waals surface area contributed by atoms with Crippen molar-refractivity contribution in [3.8, 4) is 5.75 Å². The molecular weight excluding hydrogens is 474 g/mol. The van der Waals surface area contributed by atoms with Crippen molar-refractivity contribution in [2.75, 3.05) is 26.7 Å². The van der Waals surface area contributed by atoms with E-state index in [1.165, 1.54) is 18.7 Å². The Morgan fingerprint density at radius 3 is 2.73 bits per heavy atom. The molecule has 10 heteroatoms. The van der Waals surface area contributed by atoms with Crippen LogP contribution in [0.4, 0.5) is 5.69 Å². The van der Waals surface area contributed by atoms with Crippen molar-refractivity contribution >= 4 is 31.6 Å². The minimum absolute atomic E-state index is 0.110. The van der Waals surface area contributed by atoms with Crippen LogP contribution in [-0.4, -0.2) is 50.2 Å². The summed E-state index contributed by atoms with van der Waals surface area (Å²) < 4.78 is 33.6. The minimum atomic E-state index is -3.66. The lowest BCUT2D eigenvalue weighted by Gasteiger charge is -2.28. The van der Waals surface area contributed by atoms with E-state index in [9.17, 15) is 13.3 Å². The summed E-state index contributed by atoms with van der Waals surface area (Å²) in [4.78, 5) is 13.4. The van der Waals surface area contributed by atoms with E-state index in [-0.39, 0.29) is 15.5 Å². The predicted molar refractivity (Wildman–Crippen MR) is 116 cm³/mol. The molecule has 0 spiro atoms. The molecule has 0 aliphatic carbocycles. The zero-order valence-electron chi connectivity index (χ0n) is 16.7. The number of benzene rings is 2. The van der Waals surface area contributed by atoms with Crippen LogP contribution in [-0.2, 0) is 23.0 Å². The highest BCUT2D eigenvalue weighted by Crippen LogP contribution is 2.27. The summed E-state index contributed by atoms with van der Waals surface area (Å²) in [6.45, 7) is 2.78. The van der Waals surface area contributed by atoms with Gasteiger partial charge in [-0.25, -0.2) is 18.3 Å². The molecule has 0 aromatic heterocycles. The van der Waals surface area contributed by atoms with Crippen LogP contribution in [0.2, 0.25) is 0 Å². The molecule has 1 heterocycles. The monoisotopic (exact) mass is 498 g/mol. The number of hydrogen-bond donors (Lipinski definition) is 2. The molecule has 0 radical (unpaired) electrons. The third-order valence-electron chi connectivity index (χ3n) is 5.11. The normalized spacial score (nSPS) is 14.3. The molecule has 0 saturated heterocycles. The van der Waals surface area contributed by atoms with Gasteiger partial charge in [0, 0.05) is 36.2 Å². The SMILES string of the molecule is COc1ccc(Br)cc1S(=O)(=O)NCCCCN1CCc2ccc([N+](=O)O)cc2C1. The van der Waals surface area contributed by atoms with E-state index < -0.39 is 10.0 Å². The molecule has 0 unspecified atom stereocenters. The second-order valence-corrected chi connectivity index (χ2v) is 9.80. The van der Waals surface area contributed by atoms with Gasteiger partial charge >= 0.3 is 5.69 Å². The number of nitrogens with one attached hydrogen (secondary N) is 1. The highest BCUT2D eigenvalue weighted by atomic mass is 79.9. The fraction of sp³-hybridized carbons (Fsp3) is 0.400. The third kappa shape index (κ3) is 5.57. The summed E-state index contributed by atoms with van der Waals surface area (Å²) >= 11 is 3.29. The Bertz CT molecular complexity index is 1030. The first-order valence-corrected chi connectivity index (χ1v) is 11.9. The average Bonchev–Trinajstić information content (AvgIpc) is 2.72. The van der Waals surface area contributed by atoms with Crippen LogP contribution in [0.25, 0.3) is 0 Å². The maximum atomic E-state index is 12.6. The Hall–Kier alpha value is -2.01. The molecule has 0 bridgehead atoms. The lowest BCUT2D eigenvalue weighted by atomic mass is 9.99. The number of hydrogen-bond acceptors (Lipinski definition) is 5. The number of nitrogens with zero attached hydrogens (tertiary/aromatic N) is 2. The molecule has 2 aromatic rings. The topological polar surface area (TPSA) is 99.0 Å². The van der Waals surface area contributed by atoms with Gasteiger partial charge in [-0.2, -0.15) is 0 Å². The molecular formula is C20H25BrN3O5S+. The zero-order valence-corrected chi connectivity index (χ0v) is 19.1. The lowest BCUT2D eigenvalue weighted by molar-refractivity contribution is -0.729. The molecule has 3 rings (SSSR count). The van der Waals surface area contributed by atoms with E-state index in [0.29, 0.717) is 29.7 Å². The van der Waals surface area contributed by atoms with Crippen LogP contribution in [0.5, 0.6) is 5.75 Å². The van der Waals surface area contributed by atoms with Gasteiger partial charge in [-0.05, 0) is 55.1 Å². The fourth-order valence-electron chi connectivity index (χ4n) is 3.52. The van der Waals surface area contributed by atoms with E-state index in [1.807, 2.05) is 6.07 Å². The summed E-state index contributed by atoms with van der Waals surface area (Å²) in [5.74, 6) is 0.302. The second kappa shape index (κ2) is 9.86. The van der Waals surface area contributed by atoms with E-state index >= 15 is 0 Å². The van der Waals surface area contributed by atoms with E-state index in [1.54, 1.807) is 24.3 Å². The Labute approximate surface area is 184 Å². The van der Waals surface area contributed by atoms with Crippen molar-refractivity contribution in [2.45, 2.75) is 30.7 Å². The maximum absolute atomic E-state index is 12.6. The van der Waals surface area contributed by atoms with Gasteiger partial charge in [0.1, 0.15) is 10.6 Å². The van der Waals surface area contributed by atoms with Crippen molar-refractivity contribution < 1.29 is 23.3 Å². The number of fused-ring (bicyclic) bond motifs is 1. The van der Waals surface area contributed by atoms with Crippen LogP contribution in [0.3, 0.4) is 0 Å². The van der Waals surface area contributed by atoms with Crippen molar-refractivity contribution in [1.29, 1.82) is 0 Å². The van der Waals surface area contributed by atoms with Crippen LogP contribution >= 0.6 is 15.9 Å². The molecule has 2 N–H and O–H groups in total. The first-order valence-electron chi connectivity index (χ1n) is 9.63. The highest BCUT2D eigenvalue weighted by molar-refractivity contribution is 9.10. The lowest BCUT2D eigenvalue weighted by Crippen LogP contribution is -2.32. The van der Waals surface area contributed by atoms with Gasteiger partial charge in [-0.15, -0.1) is 0 Å². The van der Waals surface area contributed by atoms with E-state index in [4.69, 9.17) is 9.94 Å².